The molecule has 124 valence electrons. The number of cyclic esters (lactones) is 1. The van der Waals surface area contributed by atoms with E-state index in [0.29, 0.717) is 17.1 Å². The smallest absolute Gasteiger partial charge is 0.339 e. The van der Waals surface area contributed by atoms with Gasteiger partial charge >= 0.3 is 5.97 Å². The Bertz CT molecular complexity index is 776. The zero-order valence-corrected chi connectivity index (χ0v) is 14.0. The minimum atomic E-state index is -0.795. The fourth-order valence-corrected chi connectivity index (χ4v) is 4.30. The SMILES string of the molecule is O=C1OC(C(=O)Nc2nc3c(s2)CCCCC3)Cc2ccccc21. The van der Waals surface area contributed by atoms with Crippen LogP contribution < -0.4 is 5.32 Å². The lowest BCUT2D eigenvalue weighted by molar-refractivity contribution is -0.125. The molecule has 0 saturated heterocycles. The summed E-state index contributed by atoms with van der Waals surface area (Å²) < 4.78 is 5.29. The van der Waals surface area contributed by atoms with Crippen LogP contribution in [0.3, 0.4) is 0 Å². The molecule has 0 spiro atoms. The van der Waals surface area contributed by atoms with E-state index in [1.807, 2.05) is 12.1 Å². The lowest BCUT2D eigenvalue weighted by Crippen LogP contribution is -2.37. The largest absolute Gasteiger partial charge is 0.448 e. The van der Waals surface area contributed by atoms with Gasteiger partial charge in [-0.1, -0.05) is 24.6 Å². The van der Waals surface area contributed by atoms with E-state index >= 15 is 0 Å². The van der Waals surface area contributed by atoms with Gasteiger partial charge in [0.15, 0.2) is 11.2 Å². The molecule has 5 nitrogen and oxygen atoms in total. The molecule has 4 rings (SSSR count). The van der Waals surface area contributed by atoms with Gasteiger partial charge in [0.2, 0.25) is 0 Å². The summed E-state index contributed by atoms with van der Waals surface area (Å²) in [7, 11) is 0. The number of esters is 1. The van der Waals surface area contributed by atoms with E-state index in [-0.39, 0.29) is 5.91 Å². The third-order valence-corrected chi connectivity index (χ3v) is 5.58. The van der Waals surface area contributed by atoms with Crippen LogP contribution in [-0.2, 0) is 28.8 Å². The first-order valence-electron chi connectivity index (χ1n) is 8.29. The summed E-state index contributed by atoms with van der Waals surface area (Å²) in [5.41, 5.74) is 2.50. The van der Waals surface area contributed by atoms with E-state index in [2.05, 4.69) is 10.3 Å². The van der Waals surface area contributed by atoms with Gasteiger partial charge in [-0.3, -0.25) is 10.1 Å². The Balaban J connectivity index is 1.48. The Morgan fingerprint density at radius 3 is 2.96 bits per heavy atom. The van der Waals surface area contributed by atoms with Gasteiger partial charge in [-0.25, -0.2) is 9.78 Å². The van der Waals surface area contributed by atoms with Gasteiger partial charge in [0.05, 0.1) is 11.3 Å². The van der Waals surface area contributed by atoms with Crippen molar-refractivity contribution >= 4 is 28.3 Å². The number of nitrogens with zero attached hydrogens (tertiary/aromatic N) is 1. The second kappa shape index (κ2) is 6.36. The summed E-state index contributed by atoms with van der Waals surface area (Å²) in [6.45, 7) is 0. The highest BCUT2D eigenvalue weighted by Gasteiger charge is 2.31. The average molecular weight is 342 g/mol. The summed E-state index contributed by atoms with van der Waals surface area (Å²) in [6, 6.07) is 7.25. The summed E-state index contributed by atoms with van der Waals surface area (Å²) in [5, 5.41) is 3.44. The average Bonchev–Trinajstić information content (AvgIpc) is 2.83. The third kappa shape index (κ3) is 2.94. The number of anilines is 1. The number of carbonyl (C=O) groups excluding carboxylic acids is 2. The normalized spacial score (nSPS) is 19.7. The van der Waals surface area contributed by atoms with Gasteiger partial charge in [0, 0.05) is 11.3 Å². The van der Waals surface area contributed by atoms with Crippen molar-refractivity contribution in [3.8, 4) is 0 Å². The molecule has 0 saturated carbocycles. The molecular formula is C18H18N2O3S. The first kappa shape index (κ1) is 15.3. The summed E-state index contributed by atoms with van der Waals surface area (Å²) in [4.78, 5) is 30.3. The molecule has 1 atom stereocenters. The van der Waals surface area contributed by atoms with Gasteiger partial charge < -0.3 is 4.74 Å². The minimum Gasteiger partial charge on any atom is -0.448 e. The first-order valence-corrected chi connectivity index (χ1v) is 9.10. The number of thiazole rings is 1. The number of ether oxygens (including phenoxy) is 1. The molecule has 1 aromatic heterocycles. The van der Waals surface area contributed by atoms with Gasteiger partial charge in [0.1, 0.15) is 0 Å². The number of hydrogen-bond acceptors (Lipinski definition) is 5. The molecule has 2 aromatic rings. The molecular weight excluding hydrogens is 324 g/mol. The number of fused-ring (bicyclic) bond motifs is 2. The Kier molecular flexibility index (Phi) is 4.06. The molecule has 0 fully saturated rings. The monoisotopic (exact) mass is 342 g/mol. The van der Waals surface area contributed by atoms with Gasteiger partial charge in [-0.05, 0) is 37.3 Å². The number of nitrogens with one attached hydrogen (secondary N) is 1. The highest BCUT2D eigenvalue weighted by Crippen LogP contribution is 2.29. The van der Waals surface area contributed by atoms with E-state index in [9.17, 15) is 9.59 Å². The molecule has 2 aliphatic rings. The second-order valence-corrected chi connectivity index (χ2v) is 7.28. The lowest BCUT2D eigenvalue weighted by Gasteiger charge is -2.23. The molecule has 0 radical (unpaired) electrons. The number of carbonyl (C=O) groups is 2. The van der Waals surface area contributed by atoms with Crippen LogP contribution in [0.15, 0.2) is 24.3 Å². The summed E-state index contributed by atoms with van der Waals surface area (Å²) in [5.74, 6) is -0.742. The maximum absolute atomic E-state index is 12.5. The van der Waals surface area contributed by atoms with E-state index in [1.165, 1.54) is 17.7 Å². The van der Waals surface area contributed by atoms with E-state index in [0.717, 1.165) is 30.5 Å². The van der Waals surface area contributed by atoms with Crippen molar-refractivity contribution in [2.24, 2.45) is 0 Å². The Morgan fingerprint density at radius 1 is 1.21 bits per heavy atom. The highest BCUT2D eigenvalue weighted by molar-refractivity contribution is 7.15. The lowest BCUT2D eigenvalue weighted by atomic mass is 9.98. The molecule has 1 unspecified atom stereocenters. The van der Waals surface area contributed by atoms with Crippen LogP contribution >= 0.6 is 11.3 Å². The standard InChI is InChI=1S/C18H18N2O3S/c21-16(14-10-11-6-4-5-7-12(11)17(22)23-14)20-18-19-13-8-2-1-3-9-15(13)24-18/h4-7,14H,1-3,8-10H2,(H,19,20,21). The predicted octanol–water partition coefficient (Wildman–Crippen LogP) is 3.13. The maximum atomic E-state index is 12.5. The zero-order chi connectivity index (χ0) is 16.5. The van der Waals surface area contributed by atoms with Crippen LogP contribution in [0, 0.1) is 0 Å². The van der Waals surface area contributed by atoms with E-state index in [4.69, 9.17) is 4.74 Å². The summed E-state index contributed by atoms with van der Waals surface area (Å²) >= 11 is 1.54. The third-order valence-electron chi connectivity index (χ3n) is 4.51. The highest BCUT2D eigenvalue weighted by atomic mass is 32.1. The molecule has 1 aliphatic heterocycles. The van der Waals surface area contributed by atoms with Crippen LogP contribution in [0.2, 0.25) is 0 Å². The fourth-order valence-electron chi connectivity index (χ4n) is 3.25. The van der Waals surface area contributed by atoms with Crippen LogP contribution in [0.5, 0.6) is 0 Å². The number of rotatable bonds is 2. The van der Waals surface area contributed by atoms with Crippen LogP contribution in [0.4, 0.5) is 5.13 Å². The van der Waals surface area contributed by atoms with Crippen molar-refractivity contribution in [2.45, 2.75) is 44.6 Å². The second-order valence-electron chi connectivity index (χ2n) is 6.19. The van der Waals surface area contributed by atoms with Crippen LogP contribution in [-0.4, -0.2) is 23.0 Å². The number of hydrogen-bond donors (Lipinski definition) is 1. The Hall–Kier alpha value is -2.21. The molecule has 24 heavy (non-hydrogen) atoms. The van der Waals surface area contributed by atoms with E-state index in [1.54, 1.807) is 23.5 Å². The Labute approximate surface area is 144 Å². The summed E-state index contributed by atoms with van der Waals surface area (Å²) in [6.07, 6.45) is 5.19. The van der Waals surface area contributed by atoms with Crippen LogP contribution in [0.25, 0.3) is 0 Å². The number of benzene rings is 1. The van der Waals surface area contributed by atoms with Crippen molar-refractivity contribution in [1.82, 2.24) is 4.98 Å². The van der Waals surface area contributed by atoms with Crippen LogP contribution in [0.1, 0.15) is 45.8 Å². The molecule has 1 aliphatic carbocycles. The molecule has 6 heteroatoms. The first-order chi connectivity index (χ1) is 11.7. The van der Waals surface area contributed by atoms with Crippen molar-refractivity contribution in [3.05, 3.63) is 46.0 Å². The molecule has 2 heterocycles. The number of aromatic nitrogens is 1. The number of aryl methyl sites for hydroxylation is 2. The van der Waals surface area contributed by atoms with Crippen molar-refractivity contribution in [1.29, 1.82) is 0 Å². The Morgan fingerprint density at radius 2 is 2.04 bits per heavy atom. The van der Waals surface area contributed by atoms with Crippen molar-refractivity contribution in [2.75, 3.05) is 5.32 Å². The topological polar surface area (TPSA) is 68.3 Å². The molecule has 1 aromatic carbocycles. The van der Waals surface area contributed by atoms with Gasteiger partial charge in [-0.15, -0.1) is 11.3 Å². The van der Waals surface area contributed by atoms with Crippen molar-refractivity contribution in [3.63, 3.8) is 0 Å². The maximum Gasteiger partial charge on any atom is 0.339 e. The predicted molar refractivity (Wildman–Crippen MR) is 91.4 cm³/mol. The zero-order valence-electron chi connectivity index (χ0n) is 13.2. The quantitative estimate of drug-likeness (QED) is 0.672. The molecule has 1 amide bonds. The molecule has 1 N–H and O–H groups in total. The van der Waals surface area contributed by atoms with Crippen molar-refractivity contribution < 1.29 is 14.3 Å². The number of amides is 1. The van der Waals surface area contributed by atoms with E-state index < -0.39 is 12.1 Å². The van der Waals surface area contributed by atoms with Gasteiger partial charge in [0.25, 0.3) is 5.91 Å². The fraction of sp³-hybridized carbons (Fsp3) is 0.389. The van der Waals surface area contributed by atoms with Gasteiger partial charge in [-0.2, -0.15) is 0 Å². The minimum absolute atomic E-state index is 0.304. The molecule has 0 bridgehead atoms.